The molecule has 7 nitrogen and oxygen atoms in total. The average Bonchev–Trinajstić information content (AvgIpc) is 3.09. The summed E-state index contributed by atoms with van der Waals surface area (Å²) in [5, 5.41) is 9.84. The van der Waals surface area contributed by atoms with Crippen LogP contribution in [0.3, 0.4) is 0 Å². The fourth-order valence-electron chi connectivity index (χ4n) is 4.02. The van der Waals surface area contributed by atoms with Gasteiger partial charge in [-0.2, -0.15) is 4.57 Å². The van der Waals surface area contributed by atoms with E-state index in [0.29, 0.717) is 18.1 Å². The lowest BCUT2D eigenvalue weighted by Crippen LogP contribution is -3.00. The van der Waals surface area contributed by atoms with Crippen molar-refractivity contribution >= 4 is 5.91 Å². The summed E-state index contributed by atoms with van der Waals surface area (Å²) >= 11 is 0. The molecule has 1 aromatic rings. The Morgan fingerprint density at radius 3 is 2.72 bits per heavy atom. The van der Waals surface area contributed by atoms with Crippen LogP contribution in [0.15, 0.2) is 24.5 Å². The lowest BCUT2D eigenvalue weighted by atomic mass is 9.90. The predicted octanol–water partition coefficient (Wildman–Crippen LogP) is -2.05. The van der Waals surface area contributed by atoms with Gasteiger partial charge < -0.3 is 42.0 Å². The van der Waals surface area contributed by atoms with Gasteiger partial charge in [0.1, 0.15) is 24.4 Å². The van der Waals surface area contributed by atoms with Crippen molar-refractivity contribution in [1.82, 2.24) is 0 Å². The maximum atomic E-state index is 11.5. The summed E-state index contributed by atoms with van der Waals surface area (Å²) in [5.74, 6) is 2.47. The minimum Gasteiger partial charge on any atom is -1.00 e. The van der Waals surface area contributed by atoms with Crippen molar-refractivity contribution in [3.8, 4) is 12.3 Å². The number of hydrogen-bond acceptors (Lipinski definition) is 5. The number of carbonyl (C=O) groups is 1. The second-order valence-electron chi connectivity index (χ2n) is 7.43. The van der Waals surface area contributed by atoms with E-state index >= 15 is 0 Å². The molecule has 0 bridgehead atoms. The fraction of sp³-hybridized carbons (Fsp3) is 0.619. The number of nitrogens with zero attached hydrogens (tertiary/aromatic N) is 1. The topological polar surface area (TPSA) is 94.9 Å². The van der Waals surface area contributed by atoms with Crippen LogP contribution in [0.25, 0.3) is 0 Å². The largest absolute Gasteiger partial charge is 1.00 e. The van der Waals surface area contributed by atoms with Crippen molar-refractivity contribution in [1.29, 1.82) is 0 Å². The third-order valence-corrected chi connectivity index (χ3v) is 5.47. The zero-order chi connectivity index (χ0) is 19.9. The number of aliphatic hydroxyl groups excluding tert-OH is 1. The molecule has 1 saturated heterocycles. The first-order valence-electron chi connectivity index (χ1n) is 9.87. The zero-order valence-corrected chi connectivity index (χ0v) is 18.0. The van der Waals surface area contributed by atoms with Gasteiger partial charge >= 0.3 is 0 Å². The molecule has 2 fully saturated rings. The molecule has 29 heavy (non-hydrogen) atoms. The molecule has 2 aliphatic rings. The first kappa shape index (κ1) is 23.8. The van der Waals surface area contributed by atoms with Gasteiger partial charge in [-0.05, 0) is 24.8 Å². The number of rotatable bonds is 8. The van der Waals surface area contributed by atoms with Crippen LogP contribution >= 0.6 is 0 Å². The number of aromatic nitrogens is 1. The molecule has 1 aromatic heterocycles. The fourth-order valence-corrected chi connectivity index (χ4v) is 4.02. The van der Waals surface area contributed by atoms with Gasteiger partial charge in [0.25, 0.3) is 12.1 Å². The molecule has 0 spiro atoms. The first-order valence-corrected chi connectivity index (χ1v) is 9.87. The van der Waals surface area contributed by atoms with Crippen molar-refractivity contribution in [2.75, 3.05) is 19.8 Å². The second-order valence-corrected chi connectivity index (χ2v) is 7.43. The van der Waals surface area contributed by atoms with Gasteiger partial charge in [0.15, 0.2) is 18.5 Å². The summed E-state index contributed by atoms with van der Waals surface area (Å²) in [6.07, 6.45) is 12.7. The Bertz CT molecular complexity index is 705. The van der Waals surface area contributed by atoms with E-state index in [-0.39, 0.29) is 30.2 Å². The van der Waals surface area contributed by atoms with E-state index < -0.39 is 30.4 Å². The Hall–Kier alpha value is -1.50. The number of carbonyl (C=O) groups excluding carboxylic acids is 1. The molecule has 3 N–H and O–H groups in total. The number of aliphatic hydroxyl groups is 1. The lowest BCUT2D eigenvalue weighted by Gasteiger charge is -2.26. The van der Waals surface area contributed by atoms with Crippen LogP contribution in [0, 0.1) is 18.3 Å². The van der Waals surface area contributed by atoms with Crippen molar-refractivity contribution in [3.05, 3.63) is 30.1 Å². The van der Waals surface area contributed by atoms with Gasteiger partial charge in [-0.3, -0.25) is 4.79 Å². The maximum Gasteiger partial charge on any atom is 0.292 e. The van der Waals surface area contributed by atoms with E-state index in [2.05, 4.69) is 5.92 Å². The molecule has 0 aromatic carbocycles. The van der Waals surface area contributed by atoms with E-state index in [1.807, 2.05) is 0 Å². The first-order chi connectivity index (χ1) is 13.6. The molecule has 160 valence electrons. The highest BCUT2D eigenvalue weighted by Crippen LogP contribution is 2.32. The maximum absolute atomic E-state index is 11.5. The number of pyridine rings is 1. The van der Waals surface area contributed by atoms with Crippen molar-refractivity contribution < 1.29 is 45.7 Å². The standard InChI is InChI=1S/C21H28N2O5.BrH/c1-2-11-26-19-18(27-14-15-7-4-3-5-8-15)17(13-24)28-21(19)23-10-6-9-16(12-23)20(22)25;/h1,6,9-10,12,15,17-19,21,24H,3-5,7-8,11,13-14H2,(H-,22,25);1H/t17-,18-,19-,21-;/m1./s1. The molecule has 4 atom stereocenters. The SMILES string of the molecule is C#CCO[C@@H]1[C@H](OCC2CCCCC2)[C@@H](CO)O[C@H]1[n+]1cccc(C(N)=O)c1.[Br-]. The smallest absolute Gasteiger partial charge is 0.292 e. The molecule has 0 radical (unpaired) electrons. The molecular weight excluding hydrogens is 440 g/mol. The van der Waals surface area contributed by atoms with Crippen LogP contribution < -0.4 is 27.3 Å². The number of hydrogen-bond donors (Lipinski definition) is 2. The monoisotopic (exact) mass is 468 g/mol. The summed E-state index contributed by atoms with van der Waals surface area (Å²) in [7, 11) is 0. The van der Waals surface area contributed by atoms with Crippen LogP contribution in [-0.4, -0.2) is 49.1 Å². The molecule has 3 rings (SSSR count). The normalized spacial score (nSPS) is 27.2. The molecular formula is C21H29BrN2O5. The van der Waals surface area contributed by atoms with Gasteiger partial charge in [-0.15, -0.1) is 6.42 Å². The van der Waals surface area contributed by atoms with Crippen LogP contribution in [0.1, 0.15) is 48.7 Å². The molecule has 1 amide bonds. The minimum atomic E-state index is -0.582. The quantitative estimate of drug-likeness (QED) is 0.338. The zero-order valence-electron chi connectivity index (χ0n) is 16.4. The number of ether oxygens (including phenoxy) is 3. The summed E-state index contributed by atoms with van der Waals surface area (Å²) in [5.41, 5.74) is 5.75. The Labute approximate surface area is 182 Å². The highest BCUT2D eigenvalue weighted by Gasteiger charge is 2.51. The van der Waals surface area contributed by atoms with Gasteiger partial charge in [0, 0.05) is 6.07 Å². The van der Waals surface area contributed by atoms with Crippen LogP contribution in [0.2, 0.25) is 0 Å². The van der Waals surface area contributed by atoms with Crippen molar-refractivity contribution in [3.63, 3.8) is 0 Å². The Balaban J connectivity index is 0.00000300. The number of amides is 1. The van der Waals surface area contributed by atoms with Gasteiger partial charge in [0.2, 0.25) is 0 Å². The van der Waals surface area contributed by atoms with E-state index in [4.69, 9.17) is 26.4 Å². The van der Waals surface area contributed by atoms with Crippen molar-refractivity contribution in [2.45, 2.75) is 56.6 Å². The Morgan fingerprint density at radius 2 is 2.07 bits per heavy atom. The summed E-state index contributed by atoms with van der Waals surface area (Å²) in [4.78, 5) is 11.5. The number of primary amides is 1. The van der Waals surface area contributed by atoms with E-state index in [0.717, 1.165) is 12.8 Å². The molecule has 0 unspecified atom stereocenters. The predicted molar refractivity (Wildman–Crippen MR) is 101 cm³/mol. The van der Waals surface area contributed by atoms with Crippen molar-refractivity contribution in [2.24, 2.45) is 11.7 Å². The van der Waals surface area contributed by atoms with E-state index in [9.17, 15) is 9.90 Å². The molecule has 8 heteroatoms. The number of halogens is 1. The molecule has 1 aliphatic heterocycles. The van der Waals surface area contributed by atoms with Gasteiger partial charge in [0.05, 0.1) is 13.2 Å². The summed E-state index contributed by atoms with van der Waals surface area (Å²) in [6.45, 7) is 0.513. The Kier molecular flexibility index (Phi) is 9.53. The number of nitrogens with two attached hydrogens (primary N) is 1. The number of terminal acetylenes is 1. The third kappa shape index (κ3) is 6.00. The third-order valence-electron chi connectivity index (χ3n) is 5.47. The lowest BCUT2D eigenvalue weighted by molar-refractivity contribution is -0.766. The summed E-state index contributed by atoms with van der Waals surface area (Å²) < 4.78 is 19.8. The van der Waals surface area contributed by atoms with Gasteiger partial charge in [-0.1, -0.05) is 25.2 Å². The average molecular weight is 469 g/mol. The highest BCUT2D eigenvalue weighted by atomic mass is 79.9. The van der Waals surface area contributed by atoms with Crippen LogP contribution in [0.5, 0.6) is 0 Å². The molecule has 2 heterocycles. The molecule has 1 saturated carbocycles. The van der Waals surface area contributed by atoms with Crippen LogP contribution in [0.4, 0.5) is 0 Å². The highest BCUT2D eigenvalue weighted by molar-refractivity contribution is 5.92. The van der Waals surface area contributed by atoms with E-state index in [1.165, 1.54) is 19.3 Å². The van der Waals surface area contributed by atoms with Crippen LogP contribution in [-0.2, 0) is 14.2 Å². The van der Waals surface area contributed by atoms with E-state index in [1.54, 1.807) is 29.1 Å². The van der Waals surface area contributed by atoms with Gasteiger partial charge in [-0.25, -0.2) is 0 Å². The minimum absolute atomic E-state index is 0. The second kappa shape index (κ2) is 11.6. The molecule has 1 aliphatic carbocycles. The summed E-state index contributed by atoms with van der Waals surface area (Å²) in [6, 6.07) is 3.34. The Morgan fingerprint density at radius 1 is 1.31 bits per heavy atom.